The van der Waals surface area contributed by atoms with Gasteiger partial charge in [0.1, 0.15) is 4.38 Å². The minimum atomic E-state index is -4.89. The van der Waals surface area contributed by atoms with Crippen molar-refractivity contribution in [3.05, 3.63) is 0 Å². The number of hydrogen-bond acceptors (Lipinski definition) is 3. The molecular weight excluding hydrogens is 214 g/mol. The van der Waals surface area contributed by atoms with Crippen molar-refractivity contribution in [2.24, 2.45) is 4.99 Å². The van der Waals surface area contributed by atoms with Crippen molar-refractivity contribution in [1.82, 2.24) is 0 Å². The van der Waals surface area contributed by atoms with Gasteiger partial charge in [-0.15, -0.1) is 23.5 Å². The summed E-state index contributed by atoms with van der Waals surface area (Å²) in [5.41, 5.74) is 0. The van der Waals surface area contributed by atoms with E-state index < -0.39 is 12.5 Å². The molecular formula is C5H7F4NS2. The van der Waals surface area contributed by atoms with E-state index in [1.165, 1.54) is 0 Å². The van der Waals surface area contributed by atoms with Crippen LogP contribution in [0.3, 0.4) is 0 Å². The highest BCUT2D eigenvalue weighted by Crippen LogP contribution is 2.26. The zero-order valence-corrected chi connectivity index (χ0v) is 7.99. The topological polar surface area (TPSA) is 12.4 Å². The van der Waals surface area contributed by atoms with Crippen LogP contribution in [-0.2, 0) is 0 Å². The summed E-state index contributed by atoms with van der Waals surface area (Å²) in [4.78, 5) is 2.84. The van der Waals surface area contributed by atoms with Gasteiger partial charge in [-0.3, -0.25) is 0 Å². The molecule has 0 aliphatic carbocycles. The van der Waals surface area contributed by atoms with Crippen molar-refractivity contribution in [3.8, 4) is 0 Å². The fourth-order valence-electron chi connectivity index (χ4n) is 0.354. The van der Waals surface area contributed by atoms with Crippen LogP contribution >= 0.6 is 23.5 Å². The monoisotopic (exact) mass is 221 g/mol. The van der Waals surface area contributed by atoms with Gasteiger partial charge in [0.2, 0.25) is 0 Å². The number of rotatable bonds is 1. The molecule has 1 atom stereocenters. The second-order valence-corrected chi connectivity index (χ2v) is 3.53. The predicted molar refractivity (Wildman–Crippen MR) is 45.4 cm³/mol. The summed E-state index contributed by atoms with van der Waals surface area (Å²) >= 11 is 1.97. The average molecular weight is 221 g/mol. The van der Waals surface area contributed by atoms with Crippen molar-refractivity contribution < 1.29 is 17.6 Å². The maximum Gasteiger partial charge on any atom is 0.440 e. The summed E-state index contributed by atoms with van der Waals surface area (Å²) in [6.07, 6.45) is -4.92. The Balaban J connectivity index is 4.30. The van der Waals surface area contributed by atoms with E-state index in [4.69, 9.17) is 0 Å². The van der Waals surface area contributed by atoms with Crippen LogP contribution in [0.25, 0.3) is 0 Å². The van der Waals surface area contributed by atoms with Crippen LogP contribution in [0.1, 0.15) is 0 Å². The van der Waals surface area contributed by atoms with Crippen LogP contribution in [0.15, 0.2) is 4.99 Å². The van der Waals surface area contributed by atoms with E-state index in [9.17, 15) is 17.6 Å². The molecule has 0 aliphatic heterocycles. The first kappa shape index (κ1) is 12.1. The largest absolute Gasteiger partial charge is 0.440 e. The molecule has 0 spiro atoms. The van der Waals surface area contributed by atoms with Crippen molar-refractivity contribution in [2.45, 2.75) is 12.5 Å². The lowest BCUT2D eigenvalue weighted by atomic mass is 10.6. The van der Waals surface area contributed by atoms with Crippen LogP contribution in [0.4, 0.5) is 17.6 Å². The quantitative estimate of drug-likeness (QED) is 0.292. The summed E-state index contributed by atoms with van der Waals surface area (Å²) in [6, 6.07) is 0. The molecule has 0 radical (unpaired) electrons. The molecule has 0 bridgehead atoms. The summed E-state index contributed by atoms with van der Waals surface area (Å²) in [6.45, 7) is 0. The SMILES string of the molecule is CSC(=NC(F)C(F)(F)F)SC. The van der Waals surface area contributed by atoms with Crippen LogP contribution in [0.2, 0.25) is 0 Å². The molecule has 0 aliphatic rings. The molecule has 0 saturated heterocycles. The van der Waals surface area contributed by atoms with Crippen molar-refractivity contribution >= 4 is 27.9 Å². The van der Waals surface area contributed by atoms with E-state index in [0.717, 1.165) is 23.5 Å². The molecule has 0 aromatic carbocycles. The third-order valence-corrected chi connectivity index (χ3v) is 2.75. The molecule has 72 valence electrons. The molecule has 0 aromatic rings. The normalized spacial score (nSPS) is 14.2. The first-order valence-electron chi connectivity index (χ1n) is 2.78. The lowest BCUT2D eigenvalue weighted by molar-refractivity contribution is -0.177. The van der Waals surface area contributed by atoms with E-state index in [0.29, 0.717) is 0 Å². The Kier molecular flexibility index (Phi) is 5.00. The molecule has 7 heteroatoms. The highest BCUT2D eigenvalue weighted by molar-refractivity contribution is 8.38. The Morgan fingerprint density at radius 1 is 1.25 bits per heavy atom. The van der Waals surface area contributed by atoms with Gasteiger partial charge in [0.15, 0.2) is 0 Å². The van der Waals surface area contributed by atoms with Gasteiger partial charge < -0.3 is 0 Å². The van der Waals surface area contributed by atoms with Crippen molar-refractivity contribution in [1.29, 1.82) is 0 Å². The summed E-state index contributed by atoms with van der Waals surface area (Å²) < 4.78 is 47.0. The van der Waals surface area contributed by atoms with Crippen LogP contribution in [-0.4, -0.2) is 29.4 Å². The maximum atomic E-state index is 12.2. The second kappa shape index (κ2) is 4.96. The summed E-state index contributed by atoms with van der Waals surface area (Å²) in [5.74, 6) is 0. The number of alkyl halides is 4. The maximum absolute atomic E-state index is 12.2. The fraction of sp³-hybridized carbons (Fsp3) is 0.800. The minimum absolute atomic E-state index is 0.0832. The summed E-state index contributed by atoms with van der Waals surface area (Å²) in [5, 5.41) is 0. The van der Waals surface area contributed by atoms with E-state index >= 15 is 0 Å². The molecule has 0 fully saturated rings. The van der Waals surface area contributed by atoms with Crippen LogP contribution < -0.4 is 0 Å². The van der Waals surface area contributed by atoms with E-state index in [1.807, 2.05) is 0 Å². The lowest BCUT2D eigenvalue weighted by Gasteiger charge is -2.08. The fourth-order valence-corrected chi connectivity index (χ4v) is 1.42. The van der Waals surface area contributed by atoms with Gasteiger partial charge in [0.05, 0.1) is 0 Å². The molecule has 12 heavy (non-hydrogen) atoms. The van der Waals surface area contributed by atoms with Gasteiger partial charge in [-0.1, -0.05) is 0 Å². The van der Waals surface area contributed by atoms with Gasteiger partial charge in [0, 0.05) is 0 Å². The second-order valence-electron chi connectivity index (χ2n) is 1.68. The van der Waals surface area contributed by atoms with Crippen molar-refractivity contribution in [3.63, 3.8) is 0 Å². The van der Waals surface area contributed by atoms with Crippen molar-refractivity contribution in [2.75, 3.05) is 12.5 Å². The number of thioether (sulfide) groups is 2. The highest BCUT2D eigenvalue weighted by Gasteiger charge is 2.40. The molecule has 0 aromatic heterocycles. The van der Waals surface area contributed by atoms with E-state index in [2.05, 4.69) is 4.99 Å². The average Bonchev–Trinajstić information content (AvgIpc) is 1.97. The minimum Gasteiger partial charge on any atom is -0.226 e. The zero-order chi connectivity index (χ0) is 9.78. The van der Waals surface area contributed by atoms with Gasteiger partial charge in [-0.25, -0.2) is 9.38 Å². The Hall–Kier alpha value is 0.0900. The van der Waals surface area contributed by atoms with Gasteiger partial charge >= 0.3 is 6.18 Å². The first-order chi connectivity index (χ1) is 5.41. The van der Waals surface area contributed by atoms with Gasteiger partial charge in [-0.05, 0) is 12.5 Å². The number of halogens is 4. The van der Waals surface area contributed by atoms with Crippen LogP contribution in [0.5, 0.6) is 0 Å². The number of aliphatic imine (C=N–C) groups is 1. The van der Waals surface area contributed by atoms with Crippen LogP contribution in [0, 0.1) is 0 Å². The zero-order valence-electron chi connectivity index (χ0n) is 6.35. The molecule has 1 nitrogen and oxygen atoms in total. The third kappa shape index (κ3) is 4.20. The lowest BCUT2D eigenvalue weighted by Crippen LogP contribution is -2.22. The molecule has 1 unspecified atom stereocenters. The molecule has 0 rings (SSSR count). The molecule has 0 amide bonds. The molecule has 0 heterocycles. The molecule has 0 saturated carbocycles. The Morgan fingerprint density at radius 2 is 1.67 bits per heavy atom. The summed E-state index contributed by atoms with van der Waals surface area (Å²) in [7, 11) is 0. The van der Waals surface area contributed by atoms with E-state index in [1.54, 1.807) is 12.5 Å². The number of hydrogen-bond donors (Lipinski definition) is 0. The Bertz CT molecular complexity index is 161. The van der Waals surface area contributed by atoms with Gasteiger partial charge in [0.25, 0.3) is 6.30 Å². The van der Waals surface area contributed by atoms with Gasteiger partial charge in [-0.2, -0.15) is 13.2 Å². The predicted octanol–water partition coefficient (Wildman–Crippen LogP) is 2.93. The first-order valence-corrected chi connectivity index (χ1v) is 5.23. The highest BCUT2D eigenvalue weighted by atomic mass is 32.2. The Morgan fingerprint density at radius 3 is 1.92 bits per heavy atom. The number of nitrogens with zero attached hydrogens (tertiary/aromatic N) is 1. The third-order valence-electron chi connectivity index (χ3n) is 0.838. The molecule has 0 N–H and O–H groups in total. The smallest absolute Gasteiger partial charge is 0.226 e. The van der Waals surface area contributed by atoms with E-state index in [-0.39, 0.29) is 4.38 Å². The Labute approximate surface area is 76.0 Å². The standard InChI is InChI=1S/C5H7F4NS2/c1-11-4(12-2)10-3(6)5(7,8)9/h3H,1-2H3.